The zero-order valence-corrected chi connectivity index (χ0v) is 15.3. The first kappa shape index (κ1) is 20.6. The van der Waals surface area contributed by atoms with Gasteiger partial charge in [-0.15, -0.1) is 0 Å². The lowest BCUT2D eigenvalue weighted by atomic mass is 10.1. The van der Waals surface area contributed by atoms with Crippen molar-refractivity contribution in [3.05, 3.63) is 71.8 Å². The van der Waals surface area contributed by atoms with Crippen LogP contribution in [0.15, 0.2) is 60.7 Å². The van der Waals surface area contributed by atoms with Gasteiger partial charge in [0.25, 0.3) is 0 Å². The van der Waals surface area contributed by atoms with Gasteiger partial charge in [-0.2, -0.15) is 0 Å². The fraction of sp³-hybridized carbons (Fsp3) is 0.333. The Bertz CT molecular complexity index is 645. The third-order valence-electron chi connectivity index (χ3n) is 3.98. The molecule has 6 nitrogen and oxygen atoms in total. The van der Waals surface area contributed by atoms with Crippen LogP contribution in [0.4, 0.5) is 0 Å². The maximum absolute atomic E-state index is 11.9. The van der Waals surface area contributed by atoms with Crippen molar-refractivity contribution in [2.24, 2.45) is 11.5 Å². The van der Waals surface area contributed by atoms with Gasteiger partial charge in [0.05, 0.1) is 13.2 Å². The minimum Gasteiger partial charge on any atom is -0.464 e. The van der Waals surface area contributed by atoms with Crippen LogP contribution in [-0.2, 0) is 31.9 Å². The van der Waals surface area contributed by atoms with Crippen LogP contribution in [0.5, 0.6) is 0 Å². The van der Waals surface area contributed by atoms with Crippen LogP contribution < -0.4 is 11.5 Å². The highest BCUT2D eigenvalue weighted by Crippen LogP contribution is 2.04. The number of nitrogens with two attached hydrogens (primary N) is 2. The van der Waals surface area contributed by atoms with Gasteiger partial charge in [-0.1, -0.05) is 60.7 Å². The van der Waals surface area contributed by atoms with Gasteiger partial charge in [-0.3, -0.25) is 9.59 Å². The highest BCUT2D eigenvalue weighted by molar-refractivity contribution is 5.76. The second kappa shape index (κ2) is 11.1. The van der Waals surface area contributed by atoms with Gasteiger partial charge in [-0.05, 0) is 24.0 Å². The zero-order valence-electron chi connectivity index (χ0n) is 15.3. The van der Waals surface area contributed by atoms with Crippen molar-refractivity contribution in [1.29, 1.82) is 0 Å². The lowest BCUT2D eigenvalue weighted by Gasteiger charge is -2.13. The molecule has 2 aromatic carbocycles. The van der Waals surface area contributed by atoms with Crippen LogP contribution in [0, 0.1) is 0 Å². The van der Waals surface area contributed by atoms with E-state index in [1.54, 1.807) is 0 Å². The fourth-order valence-corrected chi connectivity index (χ4v) is 2.52. The molecule has 2 aromatic rings. The third-order valence-corrected chi connectivity index (χ3v) is 3.98. The Morgan fingerprint density at radius 3 is 1.44 bits per heavy atom. The molecule has 0 saturated heterocycles. The van der Waals surface area contributed by atoms with Gasteiger partial charge in [0, 0.05) is 6.42 Å². The number of benzene rings is 2. The molecule has 0 aliphatic rings. The van der Waals surface area contributed by atoms with E-state index >= 15 is 0 Å². The summed E-state index contributed by atoms with van der Waals surface area (Å²) in [6, 6.07) is 17.6. The molecule has 6 heteroatoms. The highest BCUT2D eigenvalue weighted by atomic mass is 16.5. The van der Waals surface area contributed by atoms with Crippen LogP contribution in [0.2, 0.25) is 0 Å². The Balaban J connectivity index is 1.59. The SMILES string of the molecule is N[C@@H](Cc1ccccc1)C(=O)OCCCOC(=O)[C@@H](N)Cc1ccccc1. The number of hydrogen-bond acceptors (Lipinski definition) is 6. The lowest BCUT2D eigenvalue weighted by Crippen LogP contribution is -2.35. The first-order chi connectivity index (χ1) is 13.1. The molecular weight excluding hydrogens is 344 g/mol. The van der Waals surface area contributed by atoms with Crippen molar-refractivity contribution in [3.63, 3.8) is 0 Å². The van der Waals surface area contributed by atoms with Gasteiger partial charge < -0.3 is 20.9 Å². The average Bonchev–Trinajstić information content (AvgIpc) is 2.68. The Kier molecular flexibility index (Phi) is 8.48. The largest absolute Gasteiger partial charge is 0.464 e. The molecule has 0 aliphatic carbocycles. The Morgan fingerprint density at radius 1 is 0.704 bits per heavy atom. The van der Waals surface area contributed by atoms with Gasteiger partial charge >= 0.3 is 11.9 Å². The molecule has 2 rings (SSSR count). The predicted molar refractivity (Wildman–Crippen MR) is 103 cm³/mol. The van der Waals surface area contributed by atoms with E-state index in [2.05, 4.69) is 0 Å². The minimum atomic E-state index is -0.714. The molecule has 0 aromatic heterocycles. The van der Waals surface area contributed by atoms with E-state index < -0.39 is 24.0 Å². The first-order valence-corrected chi connectivity index (χ1v) is 8.98. The number of carbonyl (C=O) groups excluding carboxylic acids is 2. The summed E-state index contributed by atoms with van der Waals surface area (Å²) in [5.74, 6) is -0.933. The summed E-state index contributed by atoms with van der Waals surface area (Å²) in [5, 5.41) is 0. The smallest absolute Gasteiger partial charge is 0.323 e. The summed E-state index contributed by atoms with van der Waals surface area (Å²) in [6.07, 6.45) is 1.24. The second-order valence-corrected chi connectivity index (χ2v) is 6.28. The molecule has 27 heavy (non-hydrogen) atoms. The quantitative estimate of drug-likeness (QED) is 0.486. The maximum atomic E-state index is 11.9. The van der Waals surface area contributed by atoms with Crippen LogP contribution >= 0.6 is 0 Å². The van der Waals surface area contributed by atoms with Crippen LogP contribution in [0.25, 0.3) is 0 Å². The summed E-state index contributed by atoms with van der Waals surface area (Å²) < 4.78 is 10.3. The molecule has 0 unspecified atom stereocenters. The maximum Gasteiger partial charge on any atom is 0.323 e. The van der Waals surface area contributed by atoms with Crippen molar-refractivity contribution >= 4 is 11.9 Å². The molecule has 4 N–H and O–H groups in total. The molecule has 0 aliphatic heterocycles. The average molecular weight is 370 g/mol. The third kappa shape index (κ3) is 7.60. The Morgan fingerprint density at radius 2 is 1.07 bits per heavy atom. The van der Waals surface area contributed by atoms with Crippen molar-refractivity contribution in [1.82, 2.24) is 0 Å². The first-order valence-electron chi connectivity index (χ1n) is 8.98. The molecule has 0 heterocycles. The molecule has 0 amide bonds. The lowest BCUT2D eigenvalue weighted by molar-refractivity contribution is -0.147. The van der Waals surface area contributed by atoms with Gasteiger partial charge in [0.2, 0.25) is 0 Å². The van der Waals surface area contributed by atoms with E-state index in [-0.39, 0.29) is 13.2 Å². The summed E-state index contributed by atoms with van der Waals surface area (Å²) in [7, 11) is 0. The molecule has 144 valence electrons. The van der Waals surface area contributed by atoms with E-state index in [0.29, 0.717) is 19.3 Å². The van der Waals surface area contributed by atoms with Gasteiger partial charge in [-0.25, -0.2) is 0 Å². The summed E-state index contributed by atoms with van der Waals surface area (Å²) in [5.41, 5.74) is 13.6. The van der Waals surface area contributed by atoms with E-state index in [4.69, 9.17) is 20.9 Å². The van der Waals surface area contributed by atoms with Crippen LogP contribution in [0.1, 0.15) is 17.5 Å². The van der Waals surface area contributed by atoms with Crippen molar-refractivity contribution in [3.8, 4) is 0 Å². The Labute approximate surface area is 159 Å². The molecular formula is C21H26N2O4. The predicted octanol–water partition coefficient (Wildman–Crippen LogP) is 1.60. The summed E-state index contributed by atoms with van der Waals surface area (Å²) >= 11 is 0. The minimum absolute atomic E-state index is 0.141. The van der Waals surface area contributed by atoms with Gasteiger partial charge in [0.15, 0.2) is 0 Å². The second-order valence-electron chi connectivity index (χ2n) is 6.28. The normalized spacial score (nSPS) is 12.8. The molecule has 0 saturated carbocycles. The fourth-order valence-electron chi connectivity index (χ4n) is 2.52. The van der Waals surface area contributed by atoms with E-state index in [1.807, 2.05) is 60.7 Å². The van der Waals surface area contributed by atoms with E-state index in [9.17, 15) is 9.59 Å². The van der Waals surface area contributed by atoms with Crippen LogP contribution in [0.3, 0.4) is 0 Å². The number of esters is 2. The number of rotatable bonds is 10. The molecule has 0 radical (unpaired) electrons. The monoisotopic (exact) mass is 370 g/mol. The van der Waals surface area contributed by atoms with Crippen molar-refractivity contribution in [2.45, 2.75) is 31.3 Å². The molecule has 0 bridgehead atoms. The van der Waals surface area contributed by atoms with Crippen molar-refractivity contribution in [2.75, 3.05) is 13.2 Å². The topological polar surface area (TPSA) is 105 Å². The van der Waals surface area contributed by atoms with E-state index in [0.717, 1.165) is 11.1 Å². The number of ether oxygens (including phenoxy) is 2. The highest BCUT2D eigenvalue weighted by Gasteiger charge is 2.17. The molecule has 0 spiro atoms. The Hall–Kier alpha value is -2.70. The standard InChI is InChI=1S/C21H26N2O4/c22-18(14-16-8-3-1-4-9-16)20(24)26-12-7-13-27-21(25)19(23)15-17-10-5-2-6-11-17/h1-6,8-11,18-19H,7,12-15,22-23H2/t18-,19-/m0/s1. The van der Waals surface area contributed by atoms with E-state index in [1.165, 1.54) is 0 Å². The summed E-state index contributed by atoms with van der Waals surface area (Å²) in [4.78, 5) is 23.8. The number of carbonyl (C=O) groups is 2. The number of hydrogen-bond donors (Lipinski definition) is 2. The summed E-state index contributed by atoms with van der Waals surface area (Å²) in [6.45, 7) is 0.283. The zero-order chi connectivity index (χ0) is 19.5. The molecule has 2 atom stereocenters. The van der Waals surface area contributed by atoms with Crippen LogP contribution in [-0.4, -0.2) is 37.2 Å². The van der Waals surface area contributed by atoms with Crippen molar-refractivity contribution < 1.29 is 19.1 Å². The molecule has 0 fully saturated rings. The van der Waals surface area contributed by atoms with Gasteiger partial charge in [0.1, 0.15) is 12.1 Å².